The van der Waals surface area contributed by atoms with Gasteiger partial charge in [-0.25, -0.2) is 0 Å². The van der Waals surface area contributed by atoms with Crippen LogP contribution in [0.1, 0.15) is 40.5 Å². The highest BCUT2D eigenvalue weighted by Crippen LogP contribution is 2.46. The van der Waals surface area contributed by atoms with Gasteiger partial charge >= 0.3 is 0 Å². The normalized spacial score (nSPS) is 30.7. The van der Waals surface area contributed by atoms with Gasteiger partial charge in [-0.3, -0.25) is 9.59 Å². The fourth-order valence-electron chi connectivity index (χ4n) is 3.64. The summed E-state index contributed by atoms with van der Waals surface area (Å²) in [6, 6.07) is -0.615. The Morgan fingerprint density at radius 3 is 2.62 bits per heavy atom. The van der Waals surface area contributed by atoms with Gasteiger partial charge in [0.25, 0.3) is 0 Å². The van der Waals surface area contributed by atoms with Crippen LogP contribution in [0.2, 0.25) is 0 Å². The van der Waals surface area contributed by atoms with Crippen LogP contribution in [-0.4, -0.2) is 69.8 Å². The minimum atomic E-state index is -0.343. The van der Waals surface area contributed by atoms with E-state index in [1.54, 1.807) is 18.7 Å². The summed E-state index contributed by atoms with van der Waals surface area (Å²) in [7, 11) is 3.93. The van der Waals surface area contributed by atoms with Crippen LogP contribution < -0.4 is 5.32 Å². The van der Waals surface area contributed by atoms with Crippen LogP contribution in [0.25, 0.3) is 0 Å². The summed E-state index contributed by atoms with van der Waals surface area (Å²) in [4.78, 5) is 30.0. The van der Waals surface area contributed by atoms with E-state index in [-0.39, 0.29) is 40.6 Å². The number of carbonyl (C=O) groups is 2. The van der Waals surface area contributed by atoms with E-state index in [1.807, 2.05) is 30.8 Å². The highest BCUT2D eigenvalue weighted by atomic mass is 32.2. The molecule has 0 aromatic rings. The highest BCUT2D eigenvalue weighted by molar-refractivity contribution is 7.99. The molecule has 136 valence electrons. The number of amides is 1. The molecule has 1 N–H and O–H groups in total. The molecule has 4 atom stereocenters. The maximum Gasteiger partial charge on any atom is 0.246 e. The minimum absolute atomic E-state index is 0.0177. The Labute approximate surface area is 154 Å². The van der Waals surface area contributed by atoms with Crippen molar-refractivity contribution in [2.45, 2.75) is 64.0 Å². The predicted octanol–water partition coefficient (Wildman–Crippen LogP) is 1.90. The maximum absolute atomic E-state index is 13.2. The van der Waals surface area contributed by atoms with Gasteiger partial charge in [0.05, 0.1) is 22.4 Å². The lowest BCUT2D eigenvalue weighted by Crippen LogP contribution is -2.55. The summed E-state index contributed by atoms with van der Waals surface area (Å²) >= 11 is 7.27. The SMILES string of the molecule is CC(=O)[C@H]1N2C(=O)[C@@H](NC(=S)[C@H](C)N(C)C)CCS[C@H]2CC1(C)C. The number of nitrogens with zero attached hydrogens (tertiary/aromatic N) is 2. The molecule has 0 spiro atoms. The number of thiocarbonyl (C=S) groups is 1. The molecule has 5 nitrogen and oxygen atoms in total. The Kier molecular flexibility index (Phi) is 5.98. The number of fused-ring (bicyclic) bond motifs is 1. The average molecular weight is 372 g/mol. The van der Waals surface area contributed by atoms with Gasteiger partial charge in [0.15, 0.2) is 5.78 Å². The predicted molar refractivity (Wildman–Crippen MR) is 103 cm³/mol. The molecular weight excluding hydrogens is 342 g/mol. The molecule has 2 aliphatic heterocycles. The van der Waals surface area contributed by atoms with E-state index in [9.17, 15) is 9.59 Å². The molecule has 24 heavy (non-hydrogen) atoms. The number of ketones is 1. The van der Waals surface area contributed by atoms with Crippen LogP contribution in [0.15, 0.2) is 0 Å². The van der Waals surface area contributed by atoms with Crippen molar-refractivity contribution >= 4 is 40.7 Å². The van der Waals surface area contributed by atoms with Crippen molar-refractivity contribution in [1.82, 2.24) is 15.1 Å². The summed E-state index contributed by atoms with van der Waals surface area (Å²) in [5, 5.41) is 3.35. The Bertz CT molecular complexity index is 536. The molecule has 2 heterocycles. The van der Waals surface area contributed by atoms with E-state index in [4.69, 9.17) is 12.2 Å². The van der Waals surface area contributed by atoms with Gasteiger partial charge in [0.2, 0.25) is 5.91 Å². The van der Waals surface area contributed by atoms with Gasteiger partial charge in [-0.1, -0.05) is 26.1 Å². The summed E-state index contributed by atoms with van der Waals surface area (Å²) in [6.07, 6.45) is 1.60. The topological polar surface area (TPSA) is 52.7 Å². The Morgan fingerprint density at radius 1 is 1.46 bits per heavy atom. The number of hydrogen-bond acceptors (Lipinski definition) is 5. The van der Waals surface area contributed by atoms with Crippen LogP contribution in [0.4, 0.5) is 0 Å². The molecular formula is C17H29N3O2S2. The van der Waals surface area contributed by atoms with Crippen LogP contribution in [0, 0.1) is 5.41 Å². The lowest BCUT2D eigenvalue weighted by molar-refractivity contribution is -0.140. The number of likely N-dealkylation sites (N-methyl/N-ethyl adjacent to an activating group) is 1. The van der Waals surface area contributed by atoms with Crippen LogP contribution in [-0.2, 0) is 9.59 Å². The highest BCUT2D eigenvalue weighted by Gasteiger charge is 2.53. The smallest absolute Gasteiger partial charge is 0.246 e. The molecule has 0 aliphatic carbocycles. The van der Waals surface area contributed by atoms with Gasteiger partial charge in [0.1, 0.15) is 6.04 Å². The van der Waals surface area contributed by atoms with Crippen molar-refractivity contribution in [2.24, 2.45) is 5.41 Å². The molecule has 2 rings (SSSR count). The lowest BCUT2D eigenvalue weighted by atomic mass is 9.83. The third-order valence-electron chi connectivity index (χ3n) is 5.15. The van der Waals surface area contributed by atoms with Gasteiger partial charge in [0, 0.05) is 0 Å². The largest absolute Gasteiger partial charge is 0.367 e. The molecule has 1 amide bonds. The van der Waals surface area contributed by atoms with E-state index in [0.29, 0.717) is 4.99 Å². The van der Waals surface area contributed by atoms with Gasteiger partial charge in [-0.15, -0.1) is 11.8 Å². The second-order valence-corrected chi connectivity index (χ2v) is 9.49. The van der Waals surface area contributed by atoms with E-state index in [2.05, 4.69) is 19.2 Å². The minimum Gasteiger partial charge on any atom is -0.367 e. The number of hydrogen-bond donors (Lipinski definition) is 1. The molecule has 0 radical (unpaired) electrons. The molecule has 7 heteroatoms. The fraction of sp³-hybridized carbons (Fsp3) is 0.824. The first-order chi connectivity index (χ1) is 11.1. The van der Waals surface area contributed by atoms with E-state index < -0.39 is 0 Å². The van der Waals surface area contributed by atoms with Gasteiger partial charge in [-0.05, 0) is 52.0 Å². The van der Waals surface area contributed by atoms with Gasteiger partial charge in [-0.2, -0.15) is 0 Å². The lowest BCUT2D eigenvalue weighted by Gasteiger charge is -2.34. The number of carbonyl (C=O) groups excluding carboxylic acids is 2. The van der Waals surface area contributed by atoms with Gasteiger partial charge < -0.3 is 15.1 Å². The zero-order valence-electron chi connectivity index (χ0n) is 15.5. The summed E-state index contributed by atoms with van der Waals surface area (Å²) in [6.45, 7) is 7.79. The standard InChI is InChI=1S/C17H29N3O2S2/c1-10(19(5)6)15(23)18-12-7-8-24-13-9-17(3,4)14(11(2)21)20(13)16(12)22/h10,12-14H,7-9H2,1-6H3,(H,18,23)/t10-,12-,13-,14+/m0/s1. The first-order valence-electron chi connectivity index (χ1n) is 8.47. The number of nitrogens with one attached hydrogen (secondary N) is 1. The molecule has 2 fully saturated rings. The molecule has 0 saturated carbocycles. The number of thioether (sulfide) groups is 1. The van der Waals surface area contributed by atoms with Crippen molar-refractivity contribution in [3.63, 3.8) is 0 Å². The van der Waals surface area contributed by atoms with E-state index in [1.165, 1.54) is 0 Å². The molecule has 0 aromatic carbocycles. The van der Waals surface area contributed by atoms with Crippen LogP contribution in [0.5, 0.6) is 0 Å². The third-order valence-corrected chi connectivity index (χ3v) is 6.86. The average Bonchev–Trinajstić information content (AvgIpc) is 2.66. The Morgan fingerprint density at radius 2 is 2.08 bits per heavy atom. The summed E-state index contributed by atoms with van der Waals surface area (Å²) in [5.74, 6) is 0.981. The summed E-state index contributed by atoms with van der Waals surface area (Å²) in [5.41, 5.74) is -0.182. The second kappa shape index (κ2) is 7.30. The summed E-state index contributed by atoms with van der Waals surface area (Å²) < 4.78 is 0. The van der Waals surface area contributed by atoms with E-state index >= 15 is 0 Å². The van der Waals surface area contributed by atoms with Crippen LogP contribution in [0.3, 0.4) is 0 Å². The molecule has 0 aromatic heterocycles. The van der Waals surface area contributed by atoms with Crippen molar-refractivity contribution in [1.29, 1.82) is 0 Å². The zero-order chi connectivity index (χ0) is 18.2. The van der Waals surface area contributed by atoms with Crippen LogP contribution >= 0.6 is 24.0 Å². The Hall–Kier alpha value is -0.660. The molecule has 2 saturated heterocycles. The molecule has 0 unspecified atom stereocenters. The third kappa shape index (κ3) is 3.78. The fourth-order valence-corrected chi connectivity index (χ4v) is 5.57. The zero-order valence-corrected chi connectivity index (χ0v) is 17.1. The first-order valence-corrected chi connectivity index (χ1v) is 9.93. The number of rotatable bonds is 4. The van der Waals surface area contributed by atoms with Crippen molar-refractivity contribution < 1.29 is 9.59 Å². The maximum atomic E-state index is 13.2. The number of Topliss-reactive ketones (excluding diaryl/α,β-unsaturated/α-hetero) is 1. The monoisotopic (exact) mass is 371 g/mol. The second-order valence-electron chi connectivity index (χ2n) is 7.77. The van der Waals surface area contributed by atoms with E-state index in [0.717, 1.165) is 18.6 Å². The van der Waals surface area contributed by atoms with Crippen molar-refractivity contribution in [3.05, 3.63) is 0 Å². The Balaban J connectivity index is 2.22. The van der Waals surface area contributed by atoms with Crippen molar-refractivity contribution in [2.75, 3.05) is 19.8 Å². The quantitative estimate of drug-likeness (QED) is 0.762. The molecule has 0 bridgehead atoms. The van der Waals surface area contributed by atoms with Crippen molar-refractivity contribution in [3.8, 4) is 0 Å². The first kappa shape index (κ1) is 19.7. The molecule has 2 aliphatic rings.